The number of H-pyrrole nitrogens is 1. The Labute approximate surface area is 146 Å². The number of carbonyl (C=O) groups excluding carboxylic acids is 1. The molecule has 2 aromatic rings. The van der Waals surface area contributed by atoms with Crippen LogP contribution in [0.25, 0.3) is 11.0 Å². The number of hydrogen-bond donors (Lipinski definition) is 3. The molecule has 7 nitrogen and oxygen atoms in total. The first kappa shape index (κ1) is 16.5. The fourth-order valence-corrected chi connectivity index (χ4v) is 3.60. The molecule has 2 fully saturated rings. The Morgan fingerprint density at radius 2 is 2.20 bits per heavy atom. The van der Waals surface area contributed by atoms with Crippen LogP contribution in [0.15, 0.2) is 18.2 Å². The molecule has 1 aromatic heterocycles. The predicted molar refractivity (Wildman–Crippen MR) is 94.2 cm³/mol. The maximum atomic E-state index is 12.8. The summed E-state index contributed by atoms with van der Waals surface area (Å²) in [5, 5.41) is 3.02. The highest BCUT2D eigenvalue weighted by Crippen LogP contribution is 2.32. The van der Waals surface area contributed by atoms with Gasteiger partial charge in [-0.2, -0.15) is 0 Å². The normalized spacial score (nSPS) is 23.0. The summed E-state index contributed by atoms with van der Waals surface area (Å²) in [4.78, 5) is 20.7. The quantitative estimate of drug-likeness (QED) is 0.788. The molecule has 0 radical (unpaired) electrons. The van der Waals surface area contributed by atoms with E-state index >= 15 is 0 Å². The summed E-state index contributed by atoms with van der Waals surface area (Å²) in [6.45, 7) is 2.27. The molecule has 4 N–H and O–H groups in total. The third-order valence-electron chi connectivity index (χ3n) is 5.32. The molecule has 0 bridgehead atoms. The van der Waals surface area contributed by atoms with Crippen LogP contribution in [0.3, 0.4) is 0 Å². The summed E-state index contributed by atoms with van der Waals surface area (Å²) in [6, 6.07) is 5.71. The summed E-state index contributed by atoms with van der Waals surface area (Å²) in [6.07, 6.45) is 3.42. The fraction of sp³-hybridized carbons (Fsp3) is 0.556. The number of aromatic nitrogens is 2. The van der Waals surface area contributed by atoms with E-state index in [2.05, 4.69) is 15.3 Å². The van der Waals surface area contributed by atoms with Crippen molar-refractivity contribution >= 4 is 22.6 Å². The van der Waals surface area contributed by atoms with Crippen molar-refractivity contribution < 1.29 is 14.3 Å². The van der Waals surface area contributed by atoms with E-state index in [-0.39, 0.29) is 12.0 Å². The van der Waals surface area contributed by atoms with Gasteiger partial charge >= 0.3 is 0 Å². The Morgan fingerprint density at radius 1 is 1.36 bits per heavy atom. The molecule has 134 valence electrons. The lowest BCUT2D eigenvalue weighted by Crippen LogP contribution is -2.46. The van der Waals surface area contributed by atoms with Gasteiger partial charge < -0.3 is 25.5 Å². The van der Waals surface area contributed by atoms with Crippen LogP contribution in [0.5, 0.6) is 0 Å². The van der Waals surface area contributed by atoms with E-state index in [1.807, 2.05) is 18.2 Å². The van der Waals surface area contributed by atoms with E-state index in [1.54, 1.807) is 0 Å². The second kappa shape index (κ2) is 6.74. The molecule has 3 heterocycles. The molecule has 2 aliphatic heterocycles. The average Bonchev–Trinajstić information content (AvgIpc) is 3.31. The first-order valence-corrected chi connectivity index (χ1v) is 8.91. The van der Waals surface area contributed by atoms with Crippen molar-refractivity contribution in [2.45, 2.75) is 31.8 Å². The van der Waals surface area contributed by atoms with Gasteiger partial charge in [-0.1, -0.05) is 0 Å². The van der Waals surface area contributed by atoms with Gasteiger partial charge in [-0.3, -0.25) is 4.79 Å². The molecule has 1 atom stereocenters. The lowest BCUT2D eigenvalue weighted by atomic mass is 9.79. The number of imidazole rings is 1. The van der Waals surface area contributed by atoms with Crippen LogP contribution in [-0.2, 0) is 14.3 Å². The highest BCUT2D eigenvalue weighted by molar-refractivity contribution is 5.97. The van der Waals surface area contributed by atoms with Crippen LogP contribution in [0, 0.1) is 5.41 Å². The summed E-state index contributed by atoms with van der Waals surface area (Å²) in [5.74, 6) is 0.829. The van der Waals surface area contributed by atoms with Crippen molar-refractivity contribution in [3.63, 3.8) is 0 Å². The van der Waals surface area contributed by atoms with Crippen molar-refractivity contribution in [2.75, 3.05) is 31.7 Å². The number of amides is 1. The molecule has 2 saturated heterocycles. The number of benzene rings is 1. The fourth-order valence-electron chi connectivity index (χ4n) is 3.60. The minimum atomic E-state index is -0.538. The minimum Gasteiger partial charge on any atom is -0.381 e. The molecular weight excluding hydrogens is 320 g/mol. The molecule has 2 aliphatic rings. The maximum Gasteiger partial charge on any atom is 0.232 e. The van der Waals surface area contributed by atoms with Gasteiger partial charge in [-0.25, -0.2) is 4.98 Å². The molecule has 7 heteroatoms. The zero-order valence-electron chi connectivity index (χ0n) is 14.2. The molecular formula is C18H24N4O3. The third-order valence-corrected chi connectivity index (χ3v) is 5.32. The van der Waals surface area contributed by atoms with Gasteiger partial charge in [0.2, 0.25) is 5.91 Å². The van der Waals surface area contributed by atoms with Crippen molar-refractivity contribution in [1.82, 2.24) is 9.97 Å². The van der Waals surface area contributed by atoms with Crippen LogP contribution in [-0.4, -0.2) is 42.2 Å². The van der Waals surface area contributed by atoms with E-state index in [4.69, 9.17) is 15.2 Å². The van der Waals surface area contributed by atoms with Crippen molar-refractivity contribution in [2.24, 2.45) is 11.1 Å². The Morgan fingerprint density at radius 3 is 2.92 bits per heavy atom. The molecule has 0 aliphatic carbocycles. The predicted octanol–water partition coefficient (Wildman–Crippen LogP) is 2.11. The molecule has 1 unspecified atom stereocenters. The number of fused-ring (bicyclic) bond motifs is 1. The van der Waals surface area contributed by atoms with Gasteiger partial charge in [-0.15, -0.1) is 0 Å². The van der Waals surface area contributed by atoms with Crippen LogP contribution in [0.4, 0.5) is 5.69 Å². The topological polar surface area (TPSA) is 102 Å². The highest BCUT2D eigenvalue weighted by Gasteiger charge is 2.38. The zero-order chi connectivity index (χ0) is 17.3. The Hall–Kier alpha value is -1.96. The lowest BCUT2D eigenvalue weighted by Gasteiger charge is -2.34. The maximum absolute atomic E-state index is 12.8. The van der Waals surface area contributed by atoms with E-state index in [0.717, 1.165) is 42.0 Å². The number of aromatic amines is 1. The number of hydrogen-bond acceptors (Lipinski definition) is 5. The van der Waals surface area contributed by atoms with Gasteiger partial charge in [0.05, 0.1) is 16.4 Å². The van der Waals surface area contributed by atoms with Crippen LogP contribution < -0.4 is 11.1 Å². The number of nitrogens with two attached hydrogens (primary N) is 1. The number of nitrogens with zero attached hydrogens (tertiary/aromatic N) is 1. The number of rotatable bonds is 4. The van der Waals surface area contributed by atoms with Gasteiger partial charge in [0, 0.05) is 32.1 Å². The van der Waals surface area contributed by atoms with E-state index in [1.165, 1.54) is 0 Å². The summed E-state index contributed by atoms with van der Waals surface area (Å²) in [5.41, 5.74) is 7.90. The van der Waals surface area contributed by atoms with Crippen molar-refractivity contribution in [3.8, 4) is 0 Å². The largest absolute Gasteiger partial charge is 0.381 e. The second-order valence-corrected chi connectivity index (χ2v) is 6.91. The molecule has 1 aromatic carbocycles. The first-order chi connectivity index (χ1) is 12.2. The van der Waals surface area contributed by atoms with Gasteiger partial charge in [0.15, 0.2) is 0 Å². The second-order valence-electron chi connectivity index (χ2n) is 6.91. The number of nitrogens with one attached hydrogen (secondary N) is 2. The Bertz CT molecular complexity index is 761. The number of ether oxygens (including phenoxy) is 2. The van der Waals surface area contributed by atoms with Gasteiger partial charge in [0.25, 0.3) is 0 Å². The Kier molecular flexibility index (Phi) is 4.45. The lowest BCUT2D eigenvalue weighted by molar-refractivity contribution is -0.130. The van der Waals surface area contributed by atoms with Crippen molar-refractivity contribution in [1.29, 1.82) is 0 Å². The molecule has 1 amide bonds. The van der Waals surface area contributed by atoms with Crippen LogP contribution >= 0.6 is 0 Å². The first-order valence-electron chi connectivity index (χ1n) is 8.91. The zero-order valence-corrected chi connectivity index (χ0v) is 14.2. The molecule has 4 rings (SSSR count). The number of anilines is 1. The van der Waals surface area contributed by atoms with Crippen molar-refractivity contribution in [3.05, 3.63) is 24.0 Å². The van der Waals surface area contributed by atoms with Crippen LogP contribution in [0.2, 0.25) is 0 Å². The standard InChI is InChI=1S/C18H24N4O3/c19-11-18(5-8-24-9-6-18)17(23)20-12-3-4-13-14(10-12)22-16(21-13)15-2-1-7-25-15/h3-4,10,15H,1-2,5-9,11,19H2,(H,20,23)(H,21,22). The summed E-state index contributed by atoms with van der Waals surface area (Å²) >= 11 is 0. The van der Waals surface area contributed by atoms with E-state index in [9.17, 15) is 4.79 Å². The Balaban J connectivity index is 1.53. The third kappa shape index (κ3) is 3.15. The van der Waals surface area contributed by atoms with Gasteiger partial charge in [-0.05, 0) is 43.9 Å². The SMILES string of the molecule is NCC1(C(=O)Nc2ccc3nc(C4CCCO4)[nH]c3c2)CCOCC1. The molecule has 0 spiro atoms. The van der Waals surface area contributed by atoms with E-state index in [0.29, 0.717) is 32.6 Å². The van der Waals surface area contributed by atoms with Crippen LogP contribution in [0.1, 0.15) is 37.6 Å². The highest BCUT2D eigenvalue weighted by atomic mass is 16.5. The minimum absolute atomic E-state index is 0.0310. The average molecular weight is 344 g/mol. The molecule has 0 saturated carbocycles. The summed E-state index contributed by atoms with van der Waals surface area (Å²) < 4.78 is 11.1. The monoisotopic (exact) mass is 344 g/mol. The summed E-state index contributed by atoms with van der Waals surface area (Å²) in [7, 11) is 0. The molecule has 25 heavy (non-hydrogen) atoms. The number of carbonyl (C=O) groups is 1. The van der Waals surface area contributed by atoms with Gasteiger partial charge in [0.1, 0.15) is 11.9 Å². The van der Waals surface area contributed by atoms with E-state index < -0.39 is 5.41 Å². The smallest absolute Gasteiger partial charge is 0.232 e.